The molecular weight excluding hydrogens is 236 g/mol. The number of hydrogen-bond acceptors (Lipinski definition) is 1. The molecule has 3 heteroatoms. The van der Waals surface area contributed by atoms with Crippen molar-refractivity contribution in [2.45, 2.75) is 53.5 Å². The molecule has 0 aromatic heterocycles. The third-order valence-electron chi connectivity index (χ3n) is 3.60. The molecule has 0 bridgehead atoms. The van der Waals surface area contributed by atoms with E-state index < -0.39 is 0 Å². The van der Waals surface area contributed by atoms with Gasteiger partial charge in [-0.2, -0.15) is 0 Å². The molecule has 1 aromatic carbocycles. The summed E-state index contributed by atoms with van der Waals surface area (Å²) >= 11 is 0. The van der Waals surface area contributed by atoms with Gasteiger partial charge in [-0.3, -0.25) is 0 Å². The van der Waals surface area contributed by atoms with Gasteiger partial charge in [0, 0.05) is 11.7 Å². The van der Waals surface area contributed by atoms with Crippen molar-refractivity contribution >= 4 is 11.7 Å². The highest BCUT2D eigenvalue weighted by molar-refractivity contribution is 5.91. The van der Waals surface area contributed by atoms with E-state index in [9.17, 15) is 4.79 Å². The Hall–Kier alpha value is -1.51. The fraction of sp³-hybridized carbons (Fsp3) is 0.562. The van der Waals surface area contributed by atoms with Crippen LogP contribution in [0.3, 0.4) is 0 Å². The van der Waals surface area contributed by atoms with Crippen LogP contribution in [0.1, 0.15) is 45.7 Å². The predicted octanol–water partition coefficient (Wildman–Crippen LogP) is 3.98. The Balaban J connectivity index is 2.83. The average molecular weight is 262 g/mol. The SMILES string of the molecule is CCc1cccc(CC)c1NC(=O)NC(C)C(C)C. The van der Waals surface area contributed by atoms with E-state index in [0.717, 1.165) is 18.5 Å². The van der Waals surface area contributed by atoms with Crippen molar-refractivity contribution in [2.24, 2.45) is 5.92 Å². The largest absolute Gasteiger partial charge is 0.335 e. The maximum absolute atomic E-state index is 12.0. The smallest absolute Gasteiger partial charge is 0.319 e. The molecule has 1 atom stereocenters. The fourth-order valence-electron chi connectivity index (χ4n) is 1.93. The second kappa shape index (κ2) is 7.17. The molecule has 0 saturated heterocycles. The molecule has 0 aliphatic carbocycles. The van der Waals surface area contributed by atoms with Crippen molar-refractivity contribution in [3.05, 3.63) is 29.3 Å². The Morgan fingerprint density at radius 2 is 1.63 bits per heavy atom. The third kappa shape index (κ3) is 4.27. The molecule has 1 unspecified atom stereocenters. The third-order valence-corrected chi connectivity index (χ3v) is 3.60. The molecule has 0 aliphatic rings. The van der Waals surface area contributed by atoms with Gasteiger partial charge in [0.1, 0.15) is 0 Å². The average Bonchev–Trinajstić information content (AvgIpc) is 2.38. The molecule has 2 amide bonds. The van der Waals surface area contributed by atoms with E-state index in [1.165, 1.54) is 11.1 Å². The lowest BCUT2D eigenvalue weighted by molar-refractivity contribution is 0.246. The van der Waals surface area contributed by atoms with Gasteiger partial charge in [0.05, 0.1) is 0 Å². The van der Waals surface area contributed by atoms with Crippen LogP contribution in [0.25, 0.3) is 0 Å². The second-order valence-corrected chi connectivity index (χ2v) is 5.29. The first-order chi connectivity index (χ1) is 8.99. The minimum Gasteiger partial charge on any atom is -0.335 e. The van der Waals surface area contributed by atoms with Gasteiger partial charge >= 0.3 is 6.03 Å². The Kier molecular flexibility index (Phi) is 5.87. The van der Waals surface area contributed by atoms with E-state index in [1.807, 2.05) is 6.92 Å². The summed E-state index contributed by atoms with van der Waals surface area (Å²) in [7, 11) is 0. The van der Waals surface area contributed by atoms with Crippen LogP contribution in [-0.2, 0) is 12.8 Å². The lowest BCUT2D eigenvalue weighted by Gasteiger charge is -2.20. The van der Waals surface area contributed by atoms with Crippen molar-refractivity contribution in [1.29, 1.82) is 0 Å². The summed E-state index contributed by atoms with van der Waals surface area (Å²) in [6.45, 7) is 10.4. The van der Waals surface area contributed by atoms with Crippen molar-refractivity contribution in [2.75, 3.05) is 5.32 Å². The zero-order valence-electron chi connectivity index (χ0n) is 12.7. The van der Waals surface area contributed by atoms with Crippen molar-refractivity contribution < 1.29 is 4.79 Å². The highest BCUT2D eigenvalue weighted by Crippen LogP contribution is 2.22. The van der Waals surface area contributed by atoms with Crippen molar-refractivity contribution in [1.82, 2.24) is 5.32 Å². The van der Waals surface area contributed by atoms with Crippen LogP contribution in [0.4, 0.5) is 10.5 Å². The minimum atomic E-state index is -0.114. The van der Waals surface area contributed by atoms with E-state index >= 15 is 0 Å². The molecule has 1 aromatic rings. The zero-order valence-corrected chi connectivity index (χ0v) is 12.7. The molecule has 3 nitrogen and oxygen atoms in total. The number of urea groups is 1. The molecule has 0 radical (unpaired) electrons. The highest BCUT2D eigenvalue weighted by Gasteiger charge is 2.13. The Morgan fingerprint density at radius 3 is 2.05 bits per heavy atom. The summed E-state index contributed by atoms with van der Waals surface area (Å²) in [6, 6.07) is 6.24. The van der Waals surface area contributed by atoms with Gasteiger partial charge in [0.25, 0.3) is 0 Å². The summed E-state index contributed by atoms with van der Waals surface area (Å²) in [5.41, 5.74) is 3.35. The van der Waals surface area contributed by atoms with Gasteiger partial charge in [-0.05, 0) is 36.8 Å². The molecule has 0 spiro atoms. The number of amides is 2. The Labute approximate surface area is 116 Å². The van der Waals surface area contributed by atoms with Crippen LogP contribution in [0.2, 0.25) is 0 Å². The Bertz CT molecular complexity index is 405. The van der Waals surface area contributed by atoms with Gasteiger partial charge in [0.2, 0.25) is 0 Å². The number of carbonyl (C=O) groups excluding carboxylic acids is 1. The van der Waals surface area contributed by atoms with E-state index in [0.29, 0.717) is 5.92 Å². The number of anilines is 1. The standard InChI is InChI=1S/C16H26N2O/c1-6-13-9-8-10-14(7-2)15(13)18-16(19)17-12(5)11(3)4/h8-12H,6-7H2,1-5H3,(H2,17,18,19). The van der Waals surface area contributed by atoms with Crippen molar-refractivity contribution in [3.8, 4) is 0 Å². The van der Waals surface area contributed by atoms with Crippen LogP contribution in [-0.4, -0.2) is 12.1 Å². The topological polar surface area (TPSA) is 41.1 Å². The minimum absolute atomic E-state index is 0.114. The molecule has 0 aliphatic heterocycles. The molecule has 19 heavy (non-hydrogen) atoms. The molecule has 1 rings (SSSR count). The normalized spacial score (nSPS) is 12.3. The lowest BCUT2D eigenvalue weighted by atomic mass is 10.0. The first-order valence-corrected chi connectivity index (χ1v) is 7.17. The molecular formula is C16H26N2O. The molecule has 0 fully saturated rings. The van der Waals surface area contributed by atoms with E-state index in [1.54, 1.807) is 0 Å². The summed E-state index contributed by atoms with van der Waals surface area (Å²) in [4.78, 5) is 12.0. The number of carbonyl (C=O) groups is 1. The summed E-state index contributed by atoms with van der Waals surface area (Å²) < 4.78 is 0. The fourth-order valence-corrected chi connectivity index (χ4v) is 1.93. The van der Waals surface area contributed by atoms with E-state index in [-0.39, 0.29) is 12.1 Å². The first kappa shape index (κ1) is 15.5. The van der Waals surface area contributed by atoms with Gasteiger partial charge in [-0.25, -0.2) is 4.79 Å². The number of para-hydroxylation sites is 1. The van der Waals surface area contributed by atoms with Crippen LogP contribution < -0.4 is 10.6 Å². The predicted molar refractivity (Wildman–Crippen MR) is 81.7 cm³/mol. The van der Waals surface area contributed by atoms with E-state index in [4.69, 9.17) is 0 Å². The second-order valence-electron chi connectivity index (χ2n) is 5.29. The zero-order chi connectivity index (χ0) is 14.4. The van der Waals surface area contributed by atoms with E-state index in [2.05, 4.69) is 56.5 Å². The van der Waals surface area contributed by atoms with Crippen molar-refractivity contribution in [3.63, 3.8) is 0 Å². The number of benzene rings is 1. The molecule has 2 N–H and O–H groups in total. The summed E-state index contributed by atoms with van der Waals surface area (Å²) in [5.74, 6) is 0.429. The lowest BCUT2D eigenvalue weighted by Crippen LogP contribution is -2.39. The number of aryl methyl sites for hydroxylation is 2. The quantitative estimate of drug-likeness (QED) is 0.828. The number of nitrogens with one attached hydrogen (secondary N) is 2. The molecule has 0 saturated carbocycles. The van der Waals surface area contributed by atoms with Crippen LogP contribution >= 0.6 is 0 Å². The summed E-state index contributed by atoms with van der Waals surface area (Å²) in [6.07, 6.45) is 1.84. The number of hydrogen-bond donors (Lipinski definition) is 2. The Morgan fingerprint density at radius 1 is 1.11 bits per heavy atom. The highest BCUT2D eigenvalue weighted by atomic mass is 16.2. The van der Waals surface area contributed by atoms with Gasteiger partial charge in [-0.15, -0.1) is 0 Å². The monoisotopic (exact) mass is 262 g/mol. The van der Waals surface area contributed by atoms with Gasteiger partial charge in [-0.1, -0.05) is 45.9 Å². The van der Waals surface area contributed by atoms with Crippen LogP contribution in [0.5, 0.6) is 0 Å². The summed E-state index contributed by atoms with van der Waals surface area (Å²) in [5, 5.41) is 6.00. The molecule has 0 heterocycles. The van der Waals surface area contributed by atoms with Gasteiger partial charge in [0.15, 0.2) is 0 Å². The first-order valence-electron chi connectivity index (χ1n) is 7.17. The molecule has 106 valence electrons. The van der Waals surface area contributed by atoms with Crippen LogP contribution in [0, 0.1) is 5.92 Å². The number of rotatable bonds is 5. The van der Waals surface area contributed by atoms with Crippen LogP contribution in [0.15, 0.2) is 18.2 Å². The van der Waals surface area contributed by atoms with Gasteiger partial charge < -0.3 is 10.6 Å². The maximum Gasteiger partial charge on any atom is 0.319 e. The maximum atomic E-state index is 12.0.